The summed E-state index contributed by atoms with van der Waals surface area (Å²) in [7, 11) is 0. The highest BCUT2D eigenvalue weighted by molar-refractivity contribution is 6.02. The summed E-state index contributed by atoms with van der Waals surface area (Å²) < 4.78 is 5.26. The van der Waals surface area contributed by atoms with Gasteiger partial charge >= 0.3 is 6.09 Å². The number of nitrogens with one attached hydrogen (secondary N) is 2. The van der Waals surface area contributed by atoms with Crippen LogP contribution in [0, 0.1) is 0 Å². The van der Waals surface area contributed by atoms with Gasteiger partial charge in [-0.2, -0.15) is 0 Å². The van der Waals surface area contributed by atoms with Gasteiger partial charge in [-0.3, -0.25) is 14.5 Å². The number of fused-ring (bicyclic) bond motifs is 1. The van der Waals surface area contributed by atoms with E-state index in [4.69, 9.17) is 4.74 Å². The third kappa shape index (κ3) is 11.5. The van der Waals surface area contributed by atoms with Crippen molar-refractivity contribution in [2.45, 2.75) is 110 Å². The van der Waals surface area contributed by atoms with Crippen molar-refractivity contribution in [2.75, 3.05) is 18.0 Å². The Morgan fingerprint density at radius 3 is 2.19 bits per heavy atom. The van der Waals surface area contributed by atoms with Crippen LogP contribution in [0.25, 0.3) is 6.08 Å². The lowest BCUT2D eigenvalue weighted by atomic mass is 9.89. The maximum atomic E-state index is 13.7. The Bertz CT molecular complexity index is 1200. The zero-order chi connectivity index (χ0) is 31.1. The molecule has 2 aromatic carbocycles. The summed E-state index contributed by atoms with van der Waals surface area (Å²) in [5, 5.41) is 5.93. The highest BCUT2D eigenvalue weighted by atomic mass is 16.6. The van der Waals surface area contributed by atoms with E-state index in [-0.39, 0.29) is 17.9 Å². The number of carbonyl (C=O) groups is 3. The summed E-state index contributed by atoms with van der Waals surface area (Å²) in [6.45, 7) is 8.59. The van der Waals surface area contributed by atoms with Crippen LogP contribution in [0.1, 0.15) is 102 Å². The van der Waals surface area contributed by atoms with Crippen LogP contribution in [0.15, 0.2) is 54.6 Å². The predicted molar refractivity (Wildman–Crippen MR) is 175 cm³/mol. The van der Waals surface area contributed by atoms with E-state index in [1.807, 2.05) is 82.3 Å². The standard InChI is InChI=1S/C36H51N3O4/c1-5-33(40)39(31-23-17-21-29-20-13-14-22-30(29)31)32(25-24-28-18-11-10-12-19-28)34(41)37-26-15-8-6-7-9-16-27-38-35(42)43-36(2,3)4/h10-12,17-19,21,23-25,32H,5-9,13-16,20,22,26-27H2,1-4H3,(H,37,41)(H,38,42)/b25-24+. The molecule has 0 aromatic heterocycles. The summed E-state index contributed by atoms with van der Waals surface area (Å²) >= 11 is 0. The first-order valence-electron chi connectivity index (χ1n) is 16.1. The number of rotatable bonds is 15. The van der Waals surface area contributed by atoms with E-state index in [1.165, 1.54) is 11.1 Å². The third-order valence-corrected chi connectivity index (χ3v) is 7.59. The molecule has 1 aliphatic rings. The highest BCUT2D eigenvalue weighted by Crippen LogP contribution is 2.32. The van der Waals surface area contributed by atoms with Crippen molar-refractivity contribution < 1.29 is 19.1 Å². The average molecular weight is 590 g/mol. The molecule has 0 spiro atoms. The number of aryl methyl sites for hydroxylation is 1. The molecular weight excluding hydrogens is 538 g/mol. The average Bonchev–Trinajstić information content (AvgIpc) is 2.99. The molecule has 3 rings (SSSR count). The minimum atomic E-state index is -0.737. The molecule has 1 unspecified atom stereocenters. The van der Waals surface area contributed by atoms with E-state index in [1.54, 1.807) is 4.90 Å². The first-order valence-corrected chi connectivity index (χ1v) is 16.1. The Labute approximate surface area is 258 Å². The molecule has 43 heavy (non-hydrogen) atoms. The smallest absolute Gasteiger partial charge is 0.407 e. The van der Waals surface area contributed by atoms with E-state index in [0.29, 0.717) is 19.5 Å². The first kappa shape index (κ1) is 33.9. The highest BCUT2D eigenvalue weighted by Gasteiger charge is 2.31. The van der Waals surface area contributed by atoms with Gasteiger partial charge in [-0.15, -0.1) is 0 Å². The van der Waals surface area contributed by atoms with E-state index in [9.17, 15) is 14.4 Å². The zero-order valence-electron chi connectivity index (χ0n) is 26.6. The van der Waals surface area contributed by atoms with Crippen LogP contribution in [0.5, 0.6) is 0 Å². The quantitative estimate of drug-likeness (QED) is 0.212. The van der Waals surface area contributed by atoms with Crippen LogP contribution in [-0.2, 0) is 27.2 Å². The second-order valence-corrected chi connectivity index (χ2v) is 12.3. The van der Waals surface area contributed by atoms with Crippen molar-refractivity contribution in [3.05, 3.63) is 71.3 Å². The molecule has 0 saturated carbocycles. The van der Waals surface area contributed by atoms with E-state index < -0.39 is 11.6 Å². The Morgan fingerprint density at radius 2 is 1.51 bits per heavy atom. The van der Waals surface area contributed by atoms with Gasteiger partial charge in [-0.1, -0.05) is 87.2 Å². The fourth-order valence-corrected chi connectivity index (χ4v) is 5.43. The lowest BCUT2D eigenvalue weighted by Gasteiger charge is -2.32. The van der Waals surface area contributed by atoms with Crippen LogP contribution in [0.2, 0.25) is 0 Å². The number of anilines is 1. The number of carbonyl (C=O) groups excluding carboxylic acids is 3. The molecule has 2 N–H and O–H groups in total. The molecule has 0 heterocycles. The van der Waals surface area contributed by atoms with E-state index in [2.05, 4.69) is 16.7 Å². The minimum Gasteiger partial charge on any atom is -0.444 e. The summed E-state index contributed by atoms with van der Waals surface area (Å²) in [5.41, 5.74) is 3.85. The molecule has 1 atom stereocenters. The van der Waals surface area contributed by atoms with Gasteiger partial charge in [0, 0.05) is 25.2 Å². The van der Waals surface area contributed by atoms with Crippen LogP contribution in [0.4, 0.5) is 10.5 Å². The third-order valence-electron chi connectivity index (χ3n) is 7.59. The molecule has 1 aliphatic carbocycles. The van der Waals surface area contributed by atoms with Crippen LogP contribution in [0.3, 0.4) is 0 Å². The second-order valence-electron chi connectivity index (χ2n) is 12.3. The topological polar surface area (TPSA) is 87.7 Å². The molecule has 2 aromatic rings. The largest absolute Gasteiger partial charge is 0.444 e. The first-order chi connectivity index (χ1) is 20.7. The van der Waals surface area contributed by atoms with Crippen molar-refractivity contribution in [3.8, 4) is 0 Å². The molecular formula is C36H51N3O4. The Balaban J connectivity index is 1.57. The monoisotopic (exact) mass is 589 g/mol. The number of nitrogens with zero attached hydrogens (tertiary/aromatic N) is 1. The van der Waals surface area contributed by atoms with E-state index >= 15 is 0 Å². The molecule has 3 amide bonds. The SMILES string of the molecule is CCC(=O)N(c1cccc2c1CCCC2)C(/C=C/c1ccccc1)C(=O)NCCCCCCCCNC(=O)OC(C)(C)C. The molecule has 0 bridgehead atoms. The predicted octanol–water partition coefficient (Wildman–Crippen LogP) is 7.37. The molecule has 0 radical (unpaired) electrons. The molecule has 0 saturated heterocycles. The molecule has 0 aliphatic heterocycles. The summed E-state index contributed by atoms with van der Waals surface area (Å²) in [6.07, 6.45) is 13.9. The van der Waals surface area contributed by atoms with Crippen LogP contribution < -0.4 is 15.5 Å². The Kier molecular flexibility index (Phi) is 13.8. The maximum absolute atomic E-state index is 13.7. The number of amides is 3. The normalized spacial score (nSPS) is 13.7. The van der Waals surface area contributed by atoms with Crippen molar-refractivity contribution in [1.29, 1.82) is 0 Å². The minimum absolute atomic E-state index is 0.0574. The summed E-state index contributed by atoms with van der Waals surface area (Å²) in [4.78, 5) is 40.6. The Hall–Kier alpha value is -3.61. The fourth-order valence-electron chi connectivity index (χ4n) is 5.43. The van der Waals surface area contributed by atoms with Gasteiger partial charge in [0.15, 0.2) is 0 Å². The molecule has 0 fully saturated rings. The molecule has 234 valence electrons. The van der Waals surface area contributed by atoms with Crippen molar-refractivity contribution in [1.82, 2.24) is 10.6 Å². The van der Waals surface area contributed by atoms with Crippen LogP contribution >= 0.6 is 0 Å². The maximum Gasteiger partial charge on any atom is 0.407 e. The number of alkyl carbamates (subject to hydrolysis) is 1. The number of hydrogen-bond donors (Lipinski definition) is 2. The van der Waals surface area contributed by atoms with Gasteiger partial charge in [-0.25, -0.2) is 4.79 Å². The van der Waals surface area contributed by atoms with Crippen molar-refractivity contribution in [3.63, 3.8) is 0 Å². The van der Waals surface area contributed by atoms with Crippen LogP contribution in [-0.4, -0.2) is 42.6 Å². The Morgan fingerprint density at radius 1 is 0.860 bits per heavy atom. The number of benzene rings is 2. The van der Waals surface area contributed by atoms with E-state index in [0.717, 1.165) is 75.5 Å². The van der Waals surface area contributed by atoms with Gasteiger partial charge < -0.3 is 15.4 Å². The molecule has 7 nitrogen and oxygen atoms in total. The lowest BCUT2D eigenvalue weighted by Crippen LogP contribution is -2.49. The molecule has 7 heteroatoms. The lowest BCUT2D eigenvalue weighted by molar-refractivity contribution is -0.125. The van der Waals surface area contributed by atoms with Gasteiger partial charge in [0.05, 0.1) is 0 Å². The number of unbranched alkanes of at least 4 members (excludes halogenated alkanes) is 5. The zero-order valence-corrected chi connectivity index (χ0v) is 26.6. The number of hydrogen-bond acceptors (Lipinski definition) is 4. The second kappa shape index (κ2) is 17.5. The van der Waals surface area contributed by atoms with Crippen molar-refractivity contribution >= 4 is 29.7 Å². The van der Waals surface area contributed by atoms with Gasteiger partial charge in [-0.05, 0) is 82.1 Å². The fraction of sp³-hybridized carbons (Fsp3) is 0.528. The number of ether oxygens (including phenoxy) is 1. The van der Waals surface area contributed by atoms with Gasteiger partial charge in [0.25, 0.3) is 0 Å². The van der Waals surface area contributed by atoms with Gasteiger partial charge in [0.2, 0.25) is 11.8 Å². The summed E-state index contributed by atoms with van der Waals surface area (Å²) in [5.74, 6) is -0.214. The van der Waals surface area contributed by atoms with Gasteiger partial charge in [0.1, 0.15) is 11.6 Å². The summed E-state index contributed by atoms with van der Waals surface area (Å²) in [6, 6.07) is 15.3. The van der Waals surface area contributed by atoms with Crippen molar-refractivity contribution in [2.24, 2.45) is 0 Å².